The summed E-state index contributed by atoms with van der Waals surface area (Å²) < 4.78 is 6.19. The van der Waals surface area contributed by atoms with E-state index < -0.39 is 65.2 Å². The number of nitrogens with zero attached hydrogens (tertiary/aromatic N) is 5. The molecule has 6 rings (SSSR count). The summed E-state index contributed by atoms with van der Waals surface area (Å²) in [7, 11) is 0. The second kappa shape index (κ2) is 19.1. The van der Waals surface area contributed by atoms with Gasteiger partial charge in [0.15, 0.2) is 5.82 Å². The van der Waals surface area contributed by atoms with E-state index in [1.54, 1.807) is 26.0 Å². The first-order valence-corrected chi connectivity index (χ1v) is 20.1. The number of hydrogen-bond acceptors (Lipinski definition) is 11. The van der Waals surface area contributed by atoms with E-state index in [0.717, 1.165) is 42.9 Å². The largest absolute Gasteiger partial charge is 0.384 e. The smallest absolute Gasteiger partial charge is 0.320 e. The first-order chi connectivity index (χ1) is 28.3. The minimum absolute atomic E-state index is 0.0161. The molecular weight excluding hydrogens is 761 g/mol. The SMILES string of the molecule is CC(C)(O)c1cnnn1[C@H]1C[C@@H](C(=O)NC(CCCCNC(=O)Nc2ccon2)C(=O)C(N)=O)N(C(=O)C(CC2CCCCC2)NC(=O)c2ccc3ccccc3c2)C1. The zero-order valence-electron chi connectivity index (χ0n) is 33.3. The predicted molar refractivity (Wildman–Crippen MR) is 214 cm³/mol. The quantitative estimate of drug-likeness (QED) is 0.0667. The zero-order chi connectivity index (χ0) is 42.1. The highest BCUT2D eigenvalue weighted by Gasteiger charge is 2.45. The maximum atomic E-state index is 14.9. The lowest BCUT2D eigenvalue weighted by Crippen LogP contribution is -2.56. The summed E-state index contributed by atoms with van der Waals surface area (Å²) in [6, 6.07) is 9.85. The highest BCUT2D eigenvalue weighted by molar-refractivity contribution is 6.37. The molecule has 1 saturated heterocycles. The standard InChI is InChI=1S/C41H52N10O8/c1-41(2,58)33-23-44-49-51(33)29-22-32(38(55)45-30(35(52)36(42)53)14-8-9-18-43-40(57)47-34-17-19-59-48-34)50(24-29)39(56)31(20-25-10-4-3-5-11-25)46-37(54)28-16-15-26-12-6-7-13-27(26)21-28/h6-7,12-13,15-17,19,21,23,25,29-32,58H,3-5,8-11,14,18,20,22,24H2,1-2H3,(H2,42,53)(H,45,55)(H,46,54)(H2,43,47,48,57)/t29-,30?,31?,32-/m0/s1. The number of nitrogens with one attached hydrogen (secondary N) is 4. The van der Waals surface area contributed by atoms with Gasteiger partial charge in [-0.25, -0.2) is 9.48 Å². The van der Waals surface area contributed by atoms with Crippen LogP contribution in [0.2, 0.25) is 0 Å². The van der Waals surface area contributed by atoms with Crippen molar-refractivity contribution in [2.24, 2.45) is 11.7 Å². The minimum Gasteiger partial charge on any atom is -0.384 e. The molecule has 7 N–H and O–H groups in total. The monoisotopic (exact) mass is 812 g/mol. The number of rotatable bonds is 17. The van der Waals surface area contributed by atoms with Crippen LogP contribution in [0.5, 0.6) is 0 Å². The number of ketones is 1. The third-order valence-corrected chi connectivity index (χ3v) is 11.1. The van der Waals surface area contributed by atoms with Crippen LogP contribution in [-0.2, 0) is 24.8 Å². The Labute approximate surface area is 341 Å². The Bertz CT molecular complexity index is 2120. The number of aliphatic hydroxyl groups is 1. The summed E-state index contributed by atoms with van der Waals surface area (Å²) in [5.41, 5.74) is 4.80. The lowest BCUT2D eigenvalue weighted by atomic mass is 9.84. The molecule has 1 aliphatic heterocycles. The molecule has 0 spiro atoms. The van der Waals surface area contributed by atoms with Gasteiger partial charge in [-0.3, -0.25) is 29.3 Å². The van der Waals surface area contributed by atoms with Gasteiger partial charge >= 0.3 is 6.03 Å². The van der Waals surface area contributed by atoms with Crippen LogP contribution in [-0.4, -0.2) is 96.8 Å². The van der Waals surface area contributed by atoms with Gasteiger partial charge in [-0.05, 0) is 68.4 Å². The first kappa shape index (κ1) is 42.4. The Morgan fingerprint density at radius 1 is 0.966 bits per heavy atom. The van der Waals surface area contributed by atoms with E-state index in [4.69, 9.17) is 10.3 Å². The van der Waals surface area contributed by atoms with Gasteiger partial charge in [-0.15, -0.1) is 5.10 Å². The Morgan fingerprint density at radius 3 is 2.44 bits per heavy atom. The van der Waals surface area contributed by atoms with Crippen molar-refractivity contribution in [3.8, 4) is 0 Å². The maximum Gasteiger partial charge on any atom is 0.320 e. The van der Waals surface area contributed by atoms with Crippen LogP contribution < -0.4 is 27.0 Å². The molecule has 59 heavy (non-hydrogen) atoms. The number of nitrogens with two attached hydrogens (primary N) is 1. The molecule has 0 radical (unpaired) electrons. The Morgan fingerprint density at radius 2 is 1.73 bits per heavy atom. The number of unbranched alkanes of at least 4 members (excludes halogenated alkanes) is 1. The molecule has 2 aromatic heterocycles. The summed E-state index contributed by atoms with van der Waals surface area (Å²) in [5, 5.41) is 35.4. The van der Waals surface area contributed by atoms with Gasteiger partial charge in [0.2, 0.25) is 17.6 Å². The second-order valence-corrected chi connectivity index (χ2v) is 15.9. The number of carbonyl (C=O) groups is 6. The molecule has 2 fully saturated rings. The van der Waals surface area contributed by atoms with Crippen molar-refractivity contribution in [3.63, 3.8) is 0 Å². The van der Waals surface area contributed by atoms with Crippen molar-refractivity contribution in [1.29, 1.82) is 0 Å². The van der Waals surface area contributed by atoms with Crippen LogP contribution >= 0.6 is 0 Å². The molecule has 0 bridgehead atoms. The number of benzene rings is 2. The van der Waals surface area contributed by atoms with Gasteiger partial charge < -0.3 is 36.2 Å². The molecule has 18 nitrogen and oxygen atoms in total. The summed E-state index contributed by atoms with van der Waals surface area (Å²) in [6.07, 6.45) is 8.73. The number of amides is 6. The highest BCUT2D eigenvalue weighted by atomic mass is 16.5. The third-order valence-electron chi connectivity index (χ3n) is 11.1. The number of hydrogen-bond donors (Lipinski definition) is 6. The van der Waals surface area contributed by atoms with Crippen LogP contribution in [0.1, 0.15) is 100 Å². The fourth-order valence-electron chi connectivity index (χ4n) is 8.01. The van der Waals surface area contributed by atoms with Crippen molar-refractivity contribution in [1.82, 2.24) is 41.0 Å². The van der Waals surface area contributed by atoms with Crippen LogP contribution in [0.3, 0.4) is 0 Å². The number of urea groups is 1. The lowest BCUT2D eigenvalue weighted by molar-refractivity contribution is -0.142. The molecule has 2 aliphatic rings. The summed E-state index contributed by atoms with van der Waals surface area (Å²) in [6.45, 7) is 3.33. The summed E-state index contributed by atoms with van der Waals surface area (Å²) in [5.74, 6) is -3.47. The number of fused-ring (bicyclic) bond motifs is 1. The molecule has 314 valence electrons. The van der Waals surface area contributed by atoms with Crippen molar-refractivity contribution in [2.75, 3.05) is 18.4 Å². The highest BCUT2D eigenvalue weighted by Crippen LogP contribution is 2.34. The molecule has 2 unspecified atom stereocenters. The van der Waals surface area contributed by atoms with Crippen molar-refractivity contribution in [3.05, 3.63) is 72.2 Å². The number of Topliss-reactive ketones (excluding diaryl/α,β-unsaturated/α-hetero) is 1. The van der Waals surface area contributed by atoms with Crippen LogP contribution in [0, 0.1) is 5.92 Å². The van der Waals surface area contributed by atoms with E-state index in [0.29, 0.717) is 30.5 Å². The maximum absolute atomic E-state index is 14.9. The molecule has 1 saturated carbocycles. The topological polar surface area (TPSA) is 257 Å². The average molecular weight is 813 g/mol. The number of aromatic nitrogens is 4. The van der Waals surface area contributed by atoms with Crippen molar-refractivity contribution in [2.45, 2.75) is 108 Å². The number of anilines is 1. The van der Waals surface area contributed by atoms with E-state index in [9.17, 15) is 33.9 Å². The van der Waals surface area contributed by atoms with E-state index in [1.165, 1.54) is 28.1 Å². The molecule has 1 aliphatic carbocycles. The number of carbonyl (C=O) groups excluding carboxylic acids is 6. The summed E-state index contributed by atoms with van der Waals surface area (Å²) >= 11 is 0. The second-order valence-electron chi connectivity index (χ2n) is 15.9. The third kappa shape index (κ3) is 10.9. The molecule has 2 aromatic carbocycles. The number of primary amides is 1. The molecule has 4 atom stereocenters. The molecule has 3 heterocycles. The van der Waals surface area contributed by atoms with Gasteiger partial charge in [0, 0.05) is 31.1 Å². The number of likely N-dealkylation sites (tertiary alicyclic amines) is 1. The molecule has 4 aromatic rings. The lowest BCUT2D eigenvalue weighted by Gasteiger charge is -2.32. The van der Waals surface area contributed by atoms with Crippen molar-refractivity contribution < 1.29 is 38.4 Å². The van der Waals surface area contributed by atoms with Gasteiger partial charge in [0.05, 0.1) is 24.0 Å². The first-order valence-electron chi connectivity index (χ1n) is 20.1. The molecule has 6 amide bonds. The van der Waals surface area contributed by atoms with Crippen molar-refractivity contribution >= 4 is 52.0 Å². The zero-order valence-corrected chi connectivity index (χ0v) is 33.3. The Balaban J connectivity index is 1.22. The van der Waals surface area contributed by atoms with Crippen LogP contribution in [0.4, 0.5) is 10.6 Å². The van der Waals surface area contributed by atoms with Gasteiger partial charge in [0.1, 0.15) is 23.9 Å². The molecular formula is C41H52N10O8. The Hall–Kier alpha value is -6.17. The van der Waals surface area contributed by atoms with Gasteiger partial charge in [-0.2, -0.15) is 0 Å². The van der Waals surface area contributed by atoms with E-state index >= 15 is 0 Å². The fourth-order valence-corrected chi connectivity index (χ4v) is 8.01. The normalized spacial score (nSPS) is 18.2. The minimum atomic E-state index is -1.36. The van der Waals surface area contributed by atoms with E-state index in [1.807, 2.05) is 30.3 Å². The van der Waals surface area contributed by atoms with E-state index in [2.05, 4.69) is 36.7 Å². The van der Waals surface area contributed by atoms with Gasteiger partial charge in [0.25, 0.3) is 11.8 Å². The fraction of sp³-hybridized carbons (Fsp3) is 0.488. The predicted octanol–water partition coefficient (Wildman–Crippen LogP) is 3.09. The van der Waals surface area contributed by atoms with Crippen LogP contribution in [0.25, 0.3) is 10.8 Å². The van der Waals surface area contributed by atoms with Gasteiger partial charge in [-0.1, -0.05) is 72.8 Å². The Kier molecular flexibility index (Phi) is 13.7. The van der Waals surface area contributed by atoms with E-state index in [-0.39, 0.29) is 37.7 Å². The molecule has 18 heteroatoms. The summed E-state index contributed by atoms with van der Waals surface area (Å²) in [4.78, 5) is 81.9. The van der Waals surface area contributed by atoms with Crippen LogP contribution in [0.15, 0.2) is 65.5 Å². The average Bonchev–Trinajstić information content (AvgIpc) is 4.01.